The van der Waals surface area contributed by atoms with Crippen LogP contribution in [0.5, 0.6) is 0 Å². The van der Waals surface area contributed by atoms with Crippen molar-refractivity contribution in [1.82, 2.24) is 10.2 Å². The van der Waals surface area contributed by atoms with E-state index in [0.29, 0.717) is 5.92 Å². The first-order valence-corrected chi connectivity index (χ1v) is 5.52. The second-order valence-corrected chi connectivity index (χ2v) is 4.35. The van der Waals surface area contributed by atoms with Crippen LogP contribution >= 0.6 is 11.3 Å². The molecule has 0 unspecified atom stereocenters. The normalized spacial score (nSPS) is 10.8. The van der Waals surface area contributed by atoms with Crippen LogP contribution in [0.25, 0.3) is 10.6 Å². The summed E-state index contributed by atoms with van der Waals surface area (Å²) >= 11 is 1.57. The Labute approximate surface area is 87.6 Å². The monoisotopic (exact) mass is 204 g/mol. The average molecular weight is 204 g/mol. The zero-order valence-corrected chi connectivity index (χ0v) is 9.08. The Morgan fingerprint density at radius 3 is 2.36 bits per heavy atom. The third-order valence-electron chi connectivity index (χ3n) is 2.18. The predicted octanol–water partition coefficient (Wildman–Crippen LogP) is 3.33. The molecule has 0 amide bonds. The molecule has 0 aliphatic carbocycles. The third kappa shape index (κ3) is 1.82. The molecule has 0 spiro atoms. The first-order chi connectivity index (χ1) is 6.77. The number of aromatic nitrogens is 2. The van der Waals surface area contributed by atoms with Crippen molar-refractivity contribution in [2.24, 2.45) is 0 Å². The molecule has 3 heteroatoms. The first kappa shape index (κ1) is 9.34. The van der Waals surface area contributed by atoms with Crippen LogP contribution in [0.15, 0.2) is 29.8 Å². The second-order valence-electron chi connectivity index (χ2n) is 3.52. The standard InChI is InChI=1S/C11H12N2S/c1-8(2)9-3-5-10(6-4-9)11-13-12-7-14-11/h3-8H,1-2H3. The van der Waals surface area contributed by atoms with Crippen molar-refractivity contribution >= 4 is 11.3 Å². The highest BCUT2D eigenvalue weighted by Crippen LogP contribution is 2.23. The lowest BCUT2D eigenvalue weighted by atomic mass is 10.0. The number of benzene rings is 1. The maximum absolute atomic E-state index is 4.03. The molecule has 2 nitrogen and oxygen atoms in total. The minimum absolute atomic E-state index is 0.582. The van der Waals surface area contributed by atoms with Crippen LogP contribution in [0.4, 0.5) is 0 Å². The Balaban J connectivity index is 2.31. The van der Waals surface area contributed by atoms with Crippen LogP contribution in [0.3, 0.4) is 0 Å². The highest BCUT2D eigenvalue weighted by Gasteiger charge is 2.02. The maximum Gasteiger partial charge on any atom is 0.147 e. The molecule has 0 aliphatic rings. The fraction of sp³-hybridized carbons (Fsp3) is 0.273. The molecule has 0 saturated carbocycles. The summed E-state index contributed by atoms with van der Waals surface area (Å²) in [4.78, 5) is 0. The van der Waals surface area contributed by atoms with Crippen LogP contribution in [0.2, 0.25) is 0 Å². The highest BCUT2D eigenvalue weighted by atomic mass is 32.1. The molecule has 1 aromatic carbocycles. The summed E-state index contributed by atoms with van der Waals surface area (Å²) in [5.74, 6) is 0.582. The van der Waals surface area contributed by atoms with Crippen LogP contribution in [-0.2, 0) is 0 Å². The molecule has 0 bridgehead atoms. The molecular formula is C11H12N2S. The molecule has 0 aliphatic heterocycles. The van der Waals surface area contributed by atoms with Gasteiger partial charge in [0.1, 0.15) is 10.5 Å². The molecule has 0 saturated heterocycles. The molecule has 2 aromatic rings. The predicted molar refractivity (Wildman–Crippen MR) is 59.4 cm³/mol. The topological polar surface area (TPSA) is 25.8 Å². The smallest absolute Gasteiger partial charge is 0.147 e. The second kappa shape index (κ2) is 3.88. The Bertz CT molecular complexity index is 390. The fourth-order valence-electron chi connectivity index (χ4n) is 1.31. The largest absolute Gasteiger partial charge is 0.147 e. The Kier molecular flexibility index (Phi) is 2.59. The molecule has 0 fully saturated rings. The minimum Gasteiger partial charge on any atom is -0.147 e. The van der Waals surface area contributed by atoms with Crippen LogP contribution in [0, 0.1) is 0 Å². The highest BCUT2D eigenvalue weighted by molar-refractivity contribution is 7.12. The van der Waals surface area contributed by atoms with E-state index in [2.05, 4.69) is 48.3 Å². The molecule has 0 N–H and O–H groups in total. The summed E-state index contributed by atoms with van der Waals surface area (Å²) in [5, 5.41) is 8.84. The maximum atomic E-state index is 4.03. The summed E-state index contributed by atoms with van der Waals surface area (Å²) in [6, 6.07) is 8.52. The molecule has 1 heterocycles. The number of nitrogens with zero attached hydrogens (tertiary/aromatic N) is 2. The average Bonchev–Trinajstić information content (AvgIpc) is 2.71. The number of hydrogen-bond donors (Lipinski definition) is 0. The van der Waals surface area contributed by atoms with Gasteiger partial charge in [-0.3, -0.25) is 0 Å². The van der Waals surface area contributed by atoms with Crippen molar-refractivity contribution in [2.75, 3.05) is 0 Å². The van der Waals surface area contributed by atoms with Gasteiger partial charge in [-0.1, -0.05) is 49.4 Å². The van der Waals surface area contributed by atoms with E-state index in [1.807, 2.05) is 0 Å². The van der Waals surface area contributed by atoms with Gasteiger partial charge in [0, 0.05) is 5.56 Å². The van der Waals surface area contributed by atoms with Gasteiger partial charge in [-0.05, 0) is 11.5 Å². The van der Waals surface area contributed by atoms with E-state index in [0.717, 1.165) is 10.6 Å². The van der Waals surface area contributed by atoms with Crippen molar-refractivity contribution in [3.63, 3.8) is 0 Å². The number of hydrogen-bond acceptors (Lipinski definition) is 3. The van der Waals surface area contributed by atoms with Crippen LogP contribution in [0.1, 0.15) is 25.3 Å². The first-order valence-electron chi connectivity index (χ1n) is 4.64. The quantitative estimate of drug-likeness (QED) is 0.750. The van der Waals surface area contributed by atoms with Crippen molar-refractivity contribution in [1.29, 1.82) is 0 Å². The Morgan fingerprint density at radius 2 is 1.86 bits per heavy atom. The zero-order chi connectivity index (χ0) is 9.97. The van der Waals surface area contributed by atoms with E-state index >= 15 is 0 Å². The van der Waals surface area contributed by atoms with Crippen LogP contribution in [-0.4, -0.2) is 10.2 Å². The van der Waals surface area contributed by atoms with Gasteiger partial charge in [0.15, 0.2) is 0 Å². The molecule has 72 valence electrons. The summed E-state index contributed by atoms with van der Waals surface area (Å²) in [7, 11) is 0. The molecule has 0 atom stereocenters. The summed E-state index contributed by atoms with van der Waals surface area (Å²) in [5.41, 5.74) is 4.27. The SMILES string of the molecule is CC(C)c1ccc(-c2nncs2)cc1. The van der Waals surface area contributed by atoms with E-state index in [4.69, 9.17) is 0 Å². The summed E-state index contributed by atoms with van der Waals surface area (Å²) in [6.07, 6.45) is 0. The molecular weight excluding hydrogens is 192 g/mol. The number of rotatable bonds is 2. The van der Waals surface area contributed by atoms with Gasteiger partial charge >= 0.3 is 0 Å². The van der Waals surface area contributed by atoms with E-state index in [1.54, 1.807) is 16.8 Å². The van der Waals surface area contributed by atoms with Gasteiger partial charge in [0.2, 0.25) is 0 Å². The lowest BCUT2D eigenvalue weighted by molar-refractivity contribution is 0.867. The lowest BCUT2D eigenvalue weighted by Crippen LogP contribution is -1.86. The summed E-state index contributed by atoms with van der Waals surface area (Å²) < 4.78 is 0. The Morgan fingerprint density at radius 1 is 1.14 bits per heavy atom. The molecule has 0 radical (unpaired) electrons. The van der Waals surface area contributed by atoms with E-state index < -0.39 is 0 Å². The van der Waals surface area contributed by atoms with E-state index in [9.17, 15) is 0 Å². The van der Waals surface area contributed by atoms with Crippen LogP contribution < -0.4 is 0 Å². The van der Waals surface area contributed by atoms with Gasteiger partial charge in [0.25, 0.3) is 0 Å². The van der Waals surface area contributed by atoms with Gasteiger partial charge in [-0.15, -0.1) is 10.2 Å². The van der Waals surface area contributed by atoms with Gasteiger partial charge < -0.3 is 0 Å². The lowest BCUT2D eigenvalue weighted by Gasteiger charge is -2.04. The fourth-order valence-corrected chi connectivity index (χ4v) is 1.87. The zero-order valence-electron chi connectivity index (χ0n) is 8.27. The molecule has 2 rings (SSSR count). The minimum atomic E-state index is 0.582. The van der Waals surface area contributed by atoms with Crippen molar-refractivity contribution in [2.45, 2.75) is 19.8 Å². The van der Waals surface area contributed by atoms with Crippen molar-refractivity contribution < 1.29 is 0 Å². The van der Waals surface area contributed by atoms with Gasteiger partial charge in [-0.25, -0.2) is 0 Å². The Hall–Kier alpha value is -1.22. The molecule has 14 heavy (non-hydrogen) atoms. The van der Waals surface area contributed by atoms with Crippen molar-refractivity contribution in [3.8, 4) is 10.6 Å². The van der Waals surface area contributed by atoms with E-state index in [1.165, 1.54) is 5.56 Å². The molecule has 1 aromatic heterocycles. The summed E-state index contributed by atoms with van der Waals surface area (Å²) in [6.45, 7) is 4.39. The van der Waals surface area contributed by atoms with Gasteiger partial charge in [-0.2, -0.15) is 0 Å². The van der Waals surface area contributed by atoms with E-state index in [-0.39, 0.29) is 0 Å². The van der Waals surface area contributed by atoms with Crippen molar-refractivity contribution in [3.05, 3.63) is 35.3 Å². The third-order valence-corrected chi connectivity index (χ3v) is 2.92. The van der Waals surface area contributed by atoms with Gasteiger partial charge in [0.05, 0.1) is 0 Å².